The Morgan fingerprint density at radius 1 is 1.20 bits per heavy atom. The number of hydrogen-bond donors (Lipinski definition) is 1. The van der Waals surface area contributed by atoms with Crippen molar-refractivity contribution in [1.82, 2.24) is 9.97 Å². The monoisotopic (exact) mass is 334 g/mol. The number of nitrogens with zero attached hydrogens (tertiary/aromatic N) is 3. The van der Waals surface area contributed by atoms with E-state index in [1.165, 1.54) is 36.9 Å². The van der Waals surface area contributed by atoms with E-state index in [0.717, 1.165) is 31.0 Å². The fourth-order valence-corrected chi connectivity index (χ4v) is 3.97. The maximum absolute atomic E-state index is 4.53. The van der Waals surface area contributed by atoms with Crippen LogP contribution in [0, 0.1) is 0 Å². The molecule has 2 aromatic rings. The van der Waals surface area contributed by atoms with Crippen molar-refractivity contribution in [2.45, 2.75) is 51.5 Å². The van der Waals surface area contributed by atoms with Crippen molar-refractivity contribution in [3.63, 3.8) is 0 Å². The van der Waals surface area contributed by atoms with Gasteiger partial charge in [-0.05, 0) is 57.1 Å². The summed E-state index contributed by atoms with van der Waals surface area (Å²) in [5.41, 5.74) is 4.26. The highest BCUT2D eigenvalue weighted by Crippen LogP contribution is 2.37. The largest absolute Gasteiger partial charge is 0.370 e. The van der Waals surface area contributed by atoms with Crippen LogP contribution in [-0.4, -0.2) is 22.6 Å². The fraction of sp³-hybridized carbons (Fsp3) is 0.429. The van der Waals surface area contributed by atoms with Gasteiger partial charge in [-0.2, -0.15) is 0 Å². The molecule has 0 saturated carbocycles. The Balaban J connectivity index is 1.45. The normalized spacial score (nSPS) is 19.5. The Morgan fingerprint density at radius 3 is 3.00 bits per heavy atom. The minimum absolute atomic E-state index is 0.424. The number of para-hydroxylation sites is 1. The molecule has 1 N–H and O–H groups in total. The van der Waals surface area contributed by atoms with Gasteiger partial charge in [0.15, 0.2) is 0 Å². The molecule has 4 nitrogen and oxygen atoms in total. The molecule has 0 bridgehead atoms. The molecule has 4 heteroatoms. The van der Waals surface area contributed by atoms with Crippen molar-refractivity contribution in [3.8, 4) is 0 Å². The van der Waals surface area contributed by atoms with Crippen LogP contribution in [0.1, 0.15) is 44.6 Å². The Bertz CT molecular complexity index is 768. The third-order valence-corrected chi connectivity index (χ3v) is 5.24. The maximum Gasteiger partial charge on any atom is 0.138 e. The minimum Gasteiger partial charge on any atom is -0.370 e. The lowest BCUT2D eigenvalue weighted by Crippen LogP contribution is -2.25. The minimum atomic E-state index is 0.424. The first-order chi connectivity index (χ1) is 12.3. The molecule has 1 aliphatic heterocycles. The second-order valence-corrected chi connectivity index (χ2v) is 7.10. The van der Waals surface area contributed by atoms with E-state index in [-0.39, 0.29) is 0 Å². The van der Waals surface area contributed by atoms with Crippen molar-refractivity contribution >= 4 is 17.3 Å². The summed E-state index contributed by atoms with van der Waals surface area (Å²) in [7, 11) is 0. The van der Waals surface area contributed by atoms with Gasteiger partial charge in [-0.1, -0.05) is 29.8 Å². The van der Waals surface area contributed by atoms with Gasteiger partial charge in [0, 0.05) is 24.3 Å². The highest BCUT2D eigenvalue weighted by molar-refractivity contribution is 5.69. The smallest absolute Gasteiger partial charge is 0.138 e. The van der Waals surface area contributed by atoms with Gasteiger partial charge in [0.05, 0.1) is 0 Å². The van der Waals surface area contributed by atoms with Gasteiger partial charge in [-0.3, -0.25) is 0 Å². The molecule has 1 aromatic carbocycles. The number of anilines is 3. The van der Waals surface area contributed by atoms with E-state index in [2.05, 4.69) is 63.5 Å². The second kappa shape index (κ2) is 7.26. The lowest BCUT2D eigenvalue weighted by atomic mass is 9.97. The molecule has 0 saturated heterocycles. The molecule has 130 valence electrons. The summed E-state index contributed by atoms with van der Waals surface area (Å²) in [6.45, 7) is 3.19. The molecular weight excluding hydrogens is 308 g/mol. The Kier molecular flexibility index (Phi) is 4.68. The average Bonchev–Trinajstić information content (AvgIpc) is 2.98. The van der Waals surface area contributed by atoms with E-state index in [1.807, 2.05) is 0 Å². The highest BCUT2D eigenvalue weighted by Gasteiger charge is 2.27. The van der Waals surface area contributed by atoms with Crippen molar-refractivity contribution < 1.29 is 0 Å². The Labute approximate surface area is 150 Å². The van der Waals surface area contributed by atoms with Crippen molar-refractivity contribution in [2.75, 3.05) is 16.8 Å². The standard InChI is InChI=1S/C21H26N4/c1-16-13-18-9-5-6-10-19(18)25(16)21-14-20(23-15-24-21)22-12-11-17-7-3-2-4-8-17/h5-7,9-10,14-16H,2-4,8,11-13H2,1H3,(H,22,23,24). The van der Waals surface area contributed by atoms with E-state index in [4.69, 9.17) is 0 Å². The average molecular weight is 334 g/mol. The summed E-state index contributed by atoms with van der Waals surface area (Å²) >= 11 is 0. The summed E-state index contributed by atoms with van der Waals surface area (Å²) in [6.07, 6.45) is 11.5. The van der Waals surface area contributed by atoms with Crippen LogP contribution in [0.5, 0.6) is 0 Å². The molecule has 1 atom stereocenters. The molecule has 1 unspecified atom stereocenters. The summed E-state index contributed by atoms with van der Waals surface area (Å²) in [5.74, 6) is 1.89. The number of benzene rings is 1. The number of fused-ring (bicyclic) bond motifs is 1. The quantitative estimate of drug-likeness (QED) is 0.793. The zero-order valence-corrected chi connectivity index (χ0v) is 14.9. The van der Waals surface area contributed by atoms with Crippen LogP contribution in [0.3, 0.4) is 0 Å². The third-order valence-electron chi connectivity index (χ3n) is 5.24. The fourth-order valence-electron chi connectivity index (χ4n) is 3.97. The number of rotatable bonds is 5. The first-order valence-corrected chi connectivity index (χ1v) is 9.42. The van der Waals surface area contributed by atoms with Gasteiger partial charge < -0.3 is 10.2 Å². The zero-order valence-electron chi connectivity index (χ0n) is 14.9. The molecule has 4 rings (SSSR count). The van der Waals surface area contributed by atoms with Gasteiger partial charge in [0.2, 0.25) is 0 Å². The highest BCUT2D eigenvalue weighted by atomic mass is 15.2. The first kappa shape index (κ1) is 16.1. The molecule has 0 fully saturated rings. The van der Waals surface area contributed by atoms with Gasteiger partial charge in [-0.25, -0.2) is 9.97 Å². The molecule has 1 aromatic heterocycles. The summed E-state index contributed by atoms with van der Waals surface area (Å²) < 4.78 is 0. The second-order valence-electron chi connectivity index (χ2n) is 7.10. The van der Waals surface area contributed by atoms with E-state index in [1.54, 1.807) is 11.9 Å². The van der Waals surface area contributed by atoms with Crippen LogP contribution in [0.2, 0.25) is 0 Å². The summed E-state index contributed by atoms with van der Waals surface area (Å²) in [5, 5.41) is 3.48. The number of nitrogens with one attached hydrogen (secondary N) is 1. The third kappa shape index (κ3) is 3.53. The molecule has 2 heterocycles. The number of aromatic nitrogens is 2. The SMILES string of the molecule is CC1Cc2ccccc2N1c1cc(NCCC2=CCCCC2)ncn1. The number of allylic oxidation sites excluding steroid dienone is 1. The molecule has 0 amide bonds. The number of hydrogen-bond acceptors (Lipinski definition) is 4. The van der Waals surface area contributed by atoms with Crippen LogP contribution in [-0.2, 0) is 6.42 Å². The predicted octanol–water partition coefficient (Wildman–Crippen LogP) is 4.86. The zero-order chi connectivity index (χ0) is 17.1. The molecule has 25 heavy (non-hydrogen) atoms. The molecule has 1 aliphatic carbocycles. The van der Waals surface area contributed by atoms with E-state index >= 15 is 0 Å². The topological polar surface area (TPSA) is 41.0 Å². The van der Waals surface area contributed by atoms with E-state index in [9.17, 15) is 0 Å². The van der Waals surface area contributed by atoms with E-state index < -0.39 is 0 Å². The first-order valence-electron chi connectivity index (χ1n) is 9.42. The molecular formula is C21H26N4. The van der Waals surface area contributed by atoms with Gasteiger partial charge in [0.1, 0.15) is 18.0 Å². The van der Waals surface area contributed by atoms with Crippen molar-refractivity contribution in [3.05, 3.63) is 53.9 Å². The molecule has 2 aliphatic rings. The van der Waals surface area contributed by atoms with Crippen molar-refractivity contribution in [1.29, 1.82) is 0 Å². The lowest BCUT2D eigenvalue weighted by Gasteiger charge is -2.24. The lowest BCUT2D eigenvalue weighted by molar-refractivity contribution is 0.679. The van der Waals surface area contributed by atoms with Gasteiger partial charge in [0.25, 0.3) is 0 Å². The van der Waals surface area contributed by atoms with Gasteiger partial charge in [-0.15, -0.1) is 0 Å². The Hall–Kier alpha value is -2.36. The molecule has 0 spiro atoms. The van der Waals surface area contributed by atoms with Crippen LogP contribution in [0.4, 0.5) is 17.3 Å². The van der Waals surface area contributed by atoms with E-state index in [0.29, 0.717) is 6.04 Å². The van der Waals surface area contributed by atoms with Crippen LogP contribution in [0.15, 0.2) is 48.3 Å². The summed E-state index contributed by atoms with van der Waals surface area (Å²) in [6, 6.07) is 11.1. The van der Waals surface area contributed by atoms with Crippen LogP contribution in [0.25, 0.3) is 0 Å². The Morgan fingerprint density at radius 2 is 2.12 bits per heavy atom. The van der Waals surface area contributed by atoms with Crippen LogP contribution < -0.4 is 10.2 Å². The predicted molar refractivity (Wildman–Crippen MR) is 103 cm³/mol. The van der Waals surface area contributed by atoms with Gasteiger partial charge >= 0.3 is 0 Å². The molecule has 0 radical (unpaired) electrons. The van der Waals surface area contributed by atoms with Crippen molar-refractivity contribution in [2.24, 2.45) is 0 Å². The maximum atomic E-state index is 4.53. The summed E-state index contributed by atoms with van der Waals surface area (Å²) in [4.78, 5) is 11.3. The van der Waals surface area contributed by atoms with Crippen LogP contribution >= 0.6 is 0 Å².